The number of aromatic nitrogens is 3. The number of hydrogen-bond acceptors (Lipinski definition) is 10. The summed E-state index contributed by atoms with van der Waals surface area (Å²) in [6.45, 7) is -1.26. The molecule has 0 spiro atoms. The molecule has 1 aliphatic heterocycles. The minimum atomic E-state index is -5.73. The molecule has 3 heterocycles. The third-order valence-corrected chi connectivity index (χ3v) is 7.66. The lowest BCUT2D eigenvalue weighted by Gasteiger charge is -2.23. The van der Waals surface area contributed by atoms with Crippen molar-refractivity contribution in [1.29, 1.82) is 0 Å². The number of nitrogens with one attached hydrogen (secondary N) is 1. The molecule has 20 heteroatoms. The zero-order valence-corrected chi connectivity index (χ0v) is 17.8. The van der Waals surface area contributed by atoms with Crippen molar-refractivity contribution in [3.63, 3.8) is 0 Å². The quantitative estimate of drug-likeness (QED) is 0.268. The molecule has 0 amide bonds. The number of nitrogens with two attached hydrogens (primary N) is 1. The van der Waals surface area contributed by atoms with Gasteiger partial charge in [-0.2, -0.15) is 13.6 Å². The fourth-order valence-electron chi connectivity index (χ4n) is 2.78. The maximum absolute atomic E-state index is 14.9. The minimum Gasteiger partial charge on any atom is -0.369 e. The molecular weight excluding hydrogens is 492 g/mol. The third kappa shape index (κ3) is 6.06. The molecular formula is C11H16FN4O12P3. The second kappa shape index (κ2) is 8.14. The Bertz CT molecular complexity index is 1190. The predicted molar refractivity (Wildman–Crippen MR) is 97.8 cm³/mol. The summed E-state index contributed by atoms with van der Waals surface area (Å²) in [4.78, 5) is 53.6. The monoisotopic (exact) mass is 508 g/mol. The van der Waals surface area contributed by atoms with Crippen LogP contribution in [0.2, 0.25) is 0 Å². The van der Waals surface area contributed by atoms with Gasteiger partial charge < -0.3 is 34.6 Å². The van der Waals surface area contributed by atoms with Crippen LogP contribution in [0.5, 0.6) is 0 Å². The summed E-state index contributed by atoms with van der Waals surface area (Å²) in [6.07, 6.45) is 0.0198. The summed E-state index contributed by atoms with van der Waals surface area (Å²) in [5.74, 6) is -2.85. The number of halogens is 1. The maximum atomic E-state index is 14.9. The van der Waals surface area contributed by atoms with Gasteiger partial charge in [0, 0.05) is 12.6 Å². The Balaban J connectivity index is 1.68. The van der Waals surface area contributed by atoms with E-state index < -0.39 is 47.7 Å². The van der Waals surface area contributed by atoms with E-state index in [1.54, 1.807) is 0 Å². The largest absolute Gasteiger partial charge is 0.490 e. The first-order valence-corrected chi connectivity index (χ1v) is 12.6. The summed E-state index contributed by atoms with van der Waals surface area (Å²) in [7, 11) is -16.8. The van der Waals surface area contributed by atoms with Gasteiger partial charge in [-0.15, -0.1) is 0 Å². The molecule has 31 heavy (non-hydrogen) atoms. The second-order valence-corrected chi connectivity index (χ2v) is 10.7. The molecule has 3 rings (SSSR count). The van der Waals surface area contributed by atoms with Gasteiger partial charge in [-0.1, -0.05) is 0 Å². The summed E-state index contributed by atoms with van der Waals surface area (Å²) in [6, 6.07) is 1.40. The molecule has 16 nitrogen and oxygen atoms in total. The lowest BCUT2D eigenvalue weighted by Crippen LogP contribution is -2.28. The number of phosphoric ester groups is 1. The van der Waals surface area contributed by atoms with Gasteiger partial charge >= 0.3 is 23.5 Å². The van der Waals surface area contributed by atoms with E-state index in [0.717, 1.165) is 0 Å². The molecule has 2 aromatic rings. The molecule has 0 radical (unpaired) electrons. The van der Waals surface area contributed by atoms with Gasteiger partial charge in [0.2, 0.25) is 11.8 Å². The van der Waals surface area contributed by atoms with Gasteiger partial charge in [-0.3, -0.25) is 14.3 Å². The van der Waals surface area contributed by atoms with Crippen LogP contribution in [-0.2, 0) is 31.6 Å². The Morgan fingerprint density at radius 2 is 1.97 bits per heavy atom. The molecule has 1 saturated heterocycles. The zero-order chi connectivity index (χ0) is 23.2. The average molecular weight is 508 g/mol. The Labute approximate surface area is 171 Å². The molecule has 0 saturated carbocycles. The molecule has 2 aromatic heterocycles. The molecule has 0 aliphatic carbocycles. The van der Waals surface area contributed by atoms with Crippen LogP contribution in [0, 0.1) is 0 Å². The predicted octanol–water partition coefficient (Wildman–Crippen LogP) is 0.625. The molecule has 1 aliphatic rings. The highest BCUT2D eigenvalue weighted by Gasteiger charge is 2.46. The van der Waals surface area contributed by atoms with Crippen molar-refractivity contribution < 1.29 is 55.5 Å². The van der Waals surface area contributed by atoms with Crippen LogP contribution in [-0.4, -0.2) is 46.6 Å². The Hall–Kier alpha value is -1.48. The number of phosphoric acid groups is 3. The number of ether oxygens (including phenoxy) is 1. The Kier molecular flexibility index (Phi) is 6.34. The van der Waals surface area contributed by atoms with E-state index in [1.165, 1.54) is 16.8 Å². The second-order valence-electron chi connectivity index (χ2n) is 6.27. The van der Waals surface area contributed by atoms with Crippen molar-refractivity contribution in [2.45, 2.75) is 24.9 Å². The highest BCUT2D eigenvalue weighted by atomic mass is 31.3. The fourth-order valence-corrected chi connectivity index (χ4v) is 5.83. The first-order chi connectivity index (χ1) is 14.1. The van der Waals surface area contributed by atoms with Crippen LogP contribution >= 0.6 is 23.5 Å². The summed E-state index contributed by atoms with van der Waals surface area (Å²) in [5.41, 5.74) is 5.07. The Morgan fingerprint density at radius 3 is 2.61 bits per heavy atom. The number of H-pyrrole nitrogens is 1. The maximum Gasteiger partial charge on any atom is 0.490 e. The topological polar surface area (TPSA) is 246 Å². The third-order valence-electron chi connectivity index (χ3n) is 3.88. The van der Waals surface area contributed by atoms with E-state index >= 15 is 0 Å². The molecule has 174 valence electrons. The minimum absolute atomic E-state index is 0.00836. The van der Waals surface area contributed by atoms with Crippen molar-refractivity contribution in [2.24, 2.45) is 0 Å². The van der Waals surface area contributed by atoms with Crippen molar-refractivity contribution in [3.05, 3.63) is 22.6 Å². The standard InChI is InChI=1S/C11H16FN4O12P3/c12-11(5-25-30(21,22)28-31(23,24)27-29(18,19)20)3-1-7(26-11)16-4-2-6-8(16)14-10(13)15-9(6)17/h2,4,7H,1,3,5H2,(H,21,22)(H,23,24)(H2,18,19,20)(H3,13,14,15,17)/t7-,11+/m1/s1. The van der Waals surface area contributed by atoms with Gasteiger partial charge in [0.25, 0.3) is 5.56 Å². The van der Waals surface area contributed by atoms with E-state index in [4.69, 9.17) is 25.2 Å². The van der Waals surface area contributed by atoms with Crippen molar-refractivity contribution in [3.8, 4) is 0 Å². The highest BCUT2D eigenvalue weighted by Crippen LogP contribution is 2.66. The number of aromatic amines is 1. The van der Waals surface area contributed by atoms with E-state index in [-0.39, 0.29) is 29.8 Å². The van der Waals surface area contributed by atoms with Gasteiger partial charge in [-0.05, 0) is 12.5 Å². The van der Waals surface area contributed by atoms with E-state index in [9.17, 15) is 27.8 Å². The fraction of sp³-hybridized carbons (Fsp3) is 0.455. The summed E-state index contributed by atoms with van der Waals surface area (Å²) < 4.78 is 66.4. The molecule has 7 N–H and O–H groups in total. The number of nitrogen functional groups attached to an aromatic ring is 1. The molecule has 4 atom stereocenters. The lowest BCUT2D eigenvalue weighted by atomic mass is 10.2. The highest BCUT2D eigenvalue weighted by molar-refractivity contribution is 7.66. The molecule has 0 aromatic carbocycles. The first-order valence-electron chi connectivity index (χ1n) is 8.10. The SMILES string of the molecule is Nc1nc2c(ccn2[C@H]2CC[C@@](F)(COP(=O)(O)OP(=O)(O)OP(=O)(O)O)O2)c(=O)[nH]1. The number of hydrogen-bond donors (Lipinski definition) is 6. The lowest BCUT2D eigenvalue weighted by molar-refractivity contribution is -0.173. The van der Waals surface area contributed by atoms with Crippen LogP contribution in [0.4, 0.5) is 10.3 Å². The van der Waals surface area contributed by atoms with Crippen LogP contribution in [0.15, 0.2) is 17.1 Å². The zero-order valence-electron chi connectivity index (χ0n) is 15.1. The number of nitrogens with zero attached hydrogens (tertiary/aromatic N) is 2. The smallest absolute Gasteiger partial charge is 0.369 e. The number of anilines is 1. The molecule has 2 unspecified atom stereocenters. The first kappa shape index (κ1) is 24.2. The van der Waals surface area contributed by atoms with Crippen LogP contribution in [0.1, 0.15) is 19.1 Å². The molecule has 1 fully saturated rings. The van der Waals surface area contributed by atoms with Gasteiger partial charge in [0.15, 0.2) is 5.65 Å². The normalized spacial score (nSPS) is 26.0. The van der Waals surface area contributed by atoms with E-state index in [2.05, 4.69) is 23.1 Å². The average Bonchev–Trinajstić information content (AvgIpc) is 3.14. The number of fused-ring (bicyclic) bond motifs is 1. The van der Waals surface area contributed by atoms with Gasteiger partial charge in [0.1, 0.15) is 12.8 Å². The van der Waals surface area contributed by atoms with E-state index in [0.29, 0.717) is 0 Å². The van der Waals surface area contributed by atoms with Gasteiger partial charge in [-0.25, -0.2) is 18.1 Å². The van der Waals surface area contributed by atoms with Crippen LogP contribution in [0.25, 0.3) is 11.0 Å². The van der Waals surface area contributed by atoms with Crippen molar-refractivity contribution >= 4 is 40.4 Å². The number of alkyl halides is 1. The van der Waals surface area contributed by atoms with Crippen LogP contribution < -0.4 is 11.3 Å². The van der Waals surface area contributed by atoms with E-state index in [1.807, 2.05) is 0 Å². The van der Waals surface area contributed by atoms with Crippen LogP contribution in [0.3, 0.4) is 0 Å². The summed E-state index contributed by atoms with van der Waals surface area (Å²) in [5, 5.41) is 0.155. The number of rotatable bonds is 8. The van der Waals surface area contributed by atoms with Crippen molar-refractivity contribution in [2.75, 3.05) is 12.3 Å². The van der Waals surface area contributed by atoms with Gasteiger partial charge in [0.05, 0.1) is 5.39 Å². The molecule has 0 bridgehead atoms. The van der Waals surface area contributed by atoms with Crippen molar-refractivity contribution in [1.82, 2.24) is 14.5 Å². The summed E-state index contributed by atoms with van der Waals surface area (Å²) >= 11 is 0. The Morgan fingerprint density at radius 1 is 1.29 bits per heavy atom.